The van der Waals surface area contributed by atoms with Gasteiger partial charge in [0.05, 0.1) is 5.56 Å². The van der Waals surface area contributed by atoms with E-state index in [0.29, 0.717) is 17.7 Å². The quantitative estimate of drug-likeness (QED) is 0.649. The lowest BCUT2D eigenvalue weighted by atomic mass is 10.2. The maximum atomic E-state index is 13.6. The van der Waals surface area contributed by atoms with Crippen LogP contribution in [0.1, 0.15) is 21.6 Å². The van der Waals surface area contributed by atoms with Gasteiger partial charge in [0, 0.05) is 6.20 Å². The van der Waals surface area contributed by atoms with Crippen molar-refractivity contribution in [1.29, 1.82) is 0 Å². The predicted octanol–water partition coefficient (Wildman–Crippen LogP) is 2.90. The third-order valence-corrected chi connectivity index (χ3v) is 2.85. The number of alkyl halides is 3. The molecule has 0 saturated carbocycles. The van der Waals surface area contributed by atoms with Crippen LogP contribution in [0.5, 0.6) is 0 Å². The van der Waals surface area contributed by atoms with Gasteiger partial charge in [0.1, 0.15) is 11.5 Å². The maximum absolute atomic E-state index is 13.6. The van der Waals surface area contributed by atoms with Crippen LogP contribution in [0.3, 0.4) is 0 Å². The molecule has 0 aliphatic rings. The molecular weight excluding hydrogens is 332 g/mol. The first-order valence-corrected chi connectivity index (χ1v) is 6.46. The third-order valence-electron chi connectivity index (χ3n) is 2.85. The number of pyridine rings is 2. The normalized spacial score (nSPS) is 11.0. The van der Waals surface area contributed by atoms with Crippen LogP contribution in [-0.2, 0) is 6.18 Å². The first-order valence-electron chi connectivity index (χ1n) is 6.46. The van der Waals surface area contributed by atoms with Crippen LogP contribution >= 0.6 is 0 Å². The zero-order chi connectivity index (χ0) is 17.9. The molecule has 0 saturated heterocycles. The first-order chi connectivity index (χ1) is 11.2. The molecule has 0 spiro atoms. The highest BCUT2D eigenvalue weighted by atomic mass is 19.4. The number of anilines is 1. The molecule has 0 atom stereocenters. The van der Waals surface area contributed by atoms with Crippen molar-refractivity contribution in [3.8, 4) is 0 Å². The van der Waals surface area contributed by atoms with Gasteiger partial charge in [-0.3, -0.25) is 15.4 Å². The van der Waals surface area contributed by atoms with Crippen LogP contribution in [0, 0.1) is 12.9 Å². The van der Waals surface area contributed by atoms with Crippen molar-refractivity contribution in [3.05, 3.63) is 53.2 Å². The van der Waals surface area contributed by atoms with Crippen LogP contribution in [0.2, 0.25) is 0 Å². The molecule has 2 aromatic heterocycles. The van der Waals surface area contributed by atoms with Gasteiger partial charge in [0.15, 0.2) is 0 Å². The SMILES string of the molecule is Cc1cccnc1NC(=O)NC(=O)c1ccc(C(F)(F)F)nc1F. The number of hydrogen-bond donors (Lipinski definition) is 2. The third kappa shape index (κ3) is 4.03. The summed E-state index contributed by atoms with van der Waals surface area (Å²) in [5.41, 5.74) is -1.66. The average Bonchev–Trinajstić information content (AvgIpc) is 2.48. The number of nitrogens with one attached hydrogen (secondary N) is 2. The molecule has 24 heavy (non-hydrogen) atoms. The number of aryl methyl sites for hydroxylation is 1. The second kappa shape index (κ2) is 6.60. The molecule has 0 fully saturated rings. The van der Waals surface area contributed by atoms with E-state index >= 15 is 0 Å². The van der Waals surface area contributed by atoms with Crippen molar-refractivity contribution in [1.82, 2.24) is 15.3 Å². The van der Waals surface area contributed by atoms with E-state index in [4.69, 9.17) is 0 Å². The topological polar surface area (TPSA) is 84.0 Å². The Hall–Kier alpha value is -3.04. The monoisotopic (exact) mass is 342 g/mol. The van der Waals surface area contributed by atoms with E-state index in [2.05, 4.69) is 15.3 Å². The molecule has 2 aromatic rings. The Labute approximate surface area is 132 Å². The van der Waals surface area contributed by atoms with Crippen molar-refractivity contribution in [3.63, 3.8) is 0 Å². The fraction of sp³-hybridized carbons (Fsp3) is 0.143. The van der Waals surface area contributed by atoms with E-state index in [-0.39, 0.29) is 5.82 Å². The number of imide groups is 1. The number of aromatic nitrogens is 2. The summed E-state index contributed by atoms with van der Waals surface area (Å²) >= 11 is 0. The number of halogens is 4. The second-order valence-electron chi connectivity index (χ2n) is 4.61. The zero-order valence-corrected chi connectivity index (χ0v) is 12.1. The van der Waals surface area contributed by atoms with Gasteiger partial charge in [-0.05, 0) is 30.7 Å². The molecule has 3 amide bonds. The summed E-state index contributed by atoms with van der Waals surface area (Å²) in [7, 11) is 0. The van der Waals surface area contributed by atoms with E-state index in [9.17, 15) is 27.2 Å². The summed E-state index contributed by atoms with van der Waals surface area (Å²) in [4.78, 5) is 30.0. The minimum atomic E-state index is -4.84. The lowest BCUT2D eigenvalue weighted by molar-refractivity contribution is -0.141. The minimum Gasteiger partial charge on any atom is -0.292 e. The molecule has 0 aliphatic carbocycles. The molecule has 0 radical (unpaired) electrons. The number of urea groups is 1. The average molecular weight is 342 g/mol. The summed E-state index contributed by atoms with van der Waals surface area (Å²) in [5, 5.41) is 4.04. The van der Waals surface area contributed by atoms with E-state index in [1.54, 1.807) is 24.4 Å². The Morgan fingerprint density at radius 3 is 2.46 bits per heavy atom. The molecule has 10 heteroatoms. The highest BCUT2D eigenvalue weighted by Crippen LogP contribution is 2.27. The summed E-state index contributed by atoms with van der Waals surface area (Å²) in [6.45, 7) is 1.66. The number of nitrogens with zero attached hydrogens (tertiary/aromatic N) is 2. The number of hydrogen-bond acceptors (Lipinski definition) is 4. The van der Waals surface area contributed by atoms with Gasteiger partial charge in [0.25, 0.3) is 5.91 Å². The molecular formula is C14H10F4N4O2. The van der Waals surface area contributed by atoms with Crippen molar-refractivity contribution < 1.29 is 27.2 Å². The Kier molecular flexibility index (Phi) is 4.77. The number of amides is 3. The van der Waals surface area contributed by atoms with E-state index in [0.717, 1.165) is 0 Å². The van der Waals surface area contributed by atoms with Gasteiger partial charge in [0.2, 0.25) is 5.95 Å². The van der Waals surface area contributed by atoms with Gasteiger partial charge in [-0.2, -0.15) is 17.6 Å². The number of carbonyl (C=O) groups excluding carboxylic acids is 2. The summed E-state index contributed by atoms with van der Waals surface area (Å²) in [6, 6.07) is 3.32. The lowest BCUT2D eigenvalue weighted by Crippen LogP contribution is -2.35. The van der Waals surface area contributed by atoms with Gasteiger partial charge in [-0.15, -0.1) is 0 Å². The van der Waals surface area contributed by atoms with Crippen LogP contribution in [-0.4, -0.2) is 21.9 Å². The minimum absolute atomic E-state index is 0.175. The van der Waals surface area contributed by atoms with Gasteiger partial charge in [-0.1, -0.05) is 6.07 Å². The van der Waals surface area contributed by atoms with E-state index < -0.39 is 35.3 Å². The van der Waals surface area contributed by atoms with Crippen LogP contribution < -0.4 is 10.6 Å². The maximum Gasteiger partial charge on any atom is 0.433 e. The molecule has 6 nitrogen and oxygen atoms in total. The van der Waals surface area contributed by atoms with Crippen molar-refractivity contribution >= 4 is 17.8 Å². The molecule has 2 heterocycles. The van der Waals surface area contributed by atoms with Gasteiger partial charge < -0.3 is 0 Å². The lowest BCUT2D eigenvalue weighted by Gasteiger charge is -2.09. The highest BCUT2D eigenvalue weighted by molar-refractivity contribution is 6.07. The molecule has 2 rings (SSSR count). The first kappa shape index (κ1) is 17.3. The molecule has 0 unspecified atom stereocenters. The Bertz CT molecular complexity index is 793. The largest absolute Gasteiger partial charge is 0.433 e. The van der Waals surface area contributed by atoms with Crippen molar-refractivity contribution in [2.75, 3.05) is 5.32 Å². The molecule has 0 bridgehead atoms. The predicted molar refractivity (Wildman–Crippen MR) is 74.7 cm³/mol. The van der Waals surface area contributed by atoms with Crippen LogP contribution in [0.4, 0.5) is 28.2 Å². The second-order valence-corrected chi connectivity index (χ2v) is 4.61. The van der Waals surface area contributed by atoms with Crippen LogP contribution in [0.15, 0.2) is 30.5 Å². The molecule has 0 aliphatic heterocycles. The summed E-state index contributed by atoms with van der Waals surface area (Å²) < 4.78 is 50.7. The fourth-order valence-electron chi connectivity index (χ4n) is 1.69. The van der Waals surface area contributed by atoms with Gasteiger partial charge >= 0.3 is 12.2 Å². The molecule has 2 N–H and O–H groups in total. The van der Waals surface area contributed by atoms with E-state index in [1.807, 2.05) is 0 Å². The van der Waals surface area contributed by atoms with Gasteiger partial charge in [-0.25, -0.2) is 14.8 Å². The molecule has 0 aromatic carbocycles. The van der Waals surface area contributed by atoms with Crippen LogP contribution in [0.25, 0.3) is 0 Å². The van der Waals surface area contributed by atoms with Crippen molar-refractivity contribution in [2.24, 2.45) is 0 Å². The summed E-state index contributed by atoms with van der Waals surface area (Å²) in [6.07, 6.45) is -3.44. The fourth-order valence-corrected chi connectivity index (χ4v) is 1.69. The Morgan fingerprint density at radius 1 is 1.17 bits per heavy atom. The Balaban J connectivity index is 2.10. The van der Waals surface area contributed by atoms with Crippen molar-refractivity contribution in [2.45, 2.75) is 13.1 Å². The summed E-state index contributed by atoms with van der Waals surface area (Å²) in [5.74, 6) is -2.70. The molecule has 126 valence electrons. The number of carbonyl (C=O) groups is 2. The number of rotatable bonds is 2. The Morgan fingerprint density at radius 2 is 1.88 bits per heavy atom. The smallest absolute Gasteiger partial charge is 0.292 e. The highest BCUT2D eigenvalue weighted by Gasteiger charge is 2.33. The standard InChI is InChI=1S/C14H10F4N4O2/c1-7-3-2-6-19-11(7)21-13(24)22-12(23)8-4-5-9(14(16,17)18)20-10(8)15/h2-6H,1H3,(H2,19,21,22,23,24). The zero-order valence-electron chi connectivity index (χ0n) is 12.1. The van der Waals surface area contributed by atoms with E-state index in [1.165, 1.54) is 6.20 Å².